The summed E-state index contributed by atoms with van der Waals surface area (Å²) in [6, 6.07) is 0.686. The fourth-order valence-electron chi connectivity index (χ4n) is 6.79. The summed E-state index contributed by atoms with van der Waals surface area (Å²) in [5.74, 6) is 1.55. The van der Waals surface area contributed by atoms with Crippen LogP contribution in [0.3, 0.4) is 0 Å². The van der Waals surface area contributed by atoms with E-state index in [-0.39, 0.29) is 5.91 Å². The number of piperidine rings is 3. The maximum atomic E-state index is 13.2. The molecule has 0 spiro atoms. The standard InChI is InChI=1S/C24H36N4O2/c1-2-6-21-16-13-17(22-9-5-10-24(30)28(21)22)15-27(14-16)23(29)12-11-20-18-7-3-4-8-19(18)25-26-20/h16-17,21-22H,2-15H2,1H3,(H,25,26)/t16-,17+,21-,22-/m0/s1. The third-order valence-corrected chi connectivity index (χ3v) is 8.15. The Kier molecular flexibility index (Phi) is 5.59. The highest BCUT2D eigenvalue weighted by atomic mass is 16.2. The summed E-state index contributed by atoms with van der Waals surface area (Å²) in [5.41, 5.74) is 3.78. The van der Waals surface area contributed by atoms with Gasteiger partial charge in [0.2, 0.25) is 11.8 Å². The van der Waals surface area contributed by atoms with E-state index in [9.17, 15) is 9.59 Å². The molecule has 2 amide bonds. The van der Waals surface area contributed by atoms with E-state index in [1.807, 2.05) is 0 Å². The fraction of sp³-hybridized carbons (Fsp3) is 0.792. The van der Waals surface area contributed by atoms with Crippen molar-refractivity contribution in [2.45, 2.75) is 96.1 Å². The number of aromatic amines is 1. The molecule has 1 N–H and O–H groups in total. The van der Waals surface area contributed by atoms with Gasteiger partial charge < -0.3 is 9.80 Å². The van der Waals surface area contributed by atoms with Gasteiger partial charge in [-0.1, -0.05) is 13.3 Å². The average Bonchev–Trinajstić information content (AvgIpc) is 3.18. The van der Waals surface area contributed by atoms with Gasteiger partial charge in [0.25, 0.3) is 0 Å². The van der Waals surface area contributed by atoms with Gasteiger partial charge >= 0.3 is 0 Å². The number of rotatable bonds is 5. The van der Waals surface area contributed by atoms with E-state index in [4.69, 9.17) is 0 Å². The number of hydrogen-bond acceptors (Lipinski definition) is 3. The molecular formula is C24H36N4O2. The number of carbonyl (C=O) groups excluding carboxylic acids is 2. The van der Waals surface area contributed by atoms with Gasteiger partial charge in [-0.15, -0.1) is 0 Å². The summed E-state index contributed by atoms with van der Waals surface area (Å²) in [5, 5.41) is 7.74. The predicted octanol–water partition coefficient (Wildman–Crippen LogP) is 3.25. The highest BCUT2D eigenvalue weighted by Gasteiger charge is 2.49. The maximum Gasteiger partial charge on any atom is 0.223 e. The monoisotopic (exact) mass is 412 g/mol. The first-order chi connectivity index (χ1) is 14.7. The zero-order valence-electron chi connectivity index (χ0n) is 18.4. The number of carbonyl (C=O) groups is 2. The second kappa shape index (κ2) is 8.35. The molecule has 2 bridgehead atoms. The summed E-state index contributed by atoms with van der Waals surface area (Å²) >= 11 is 0. The molecule has 0 saturated carbocycles. The number of aryl methyl sites for hydroxylation is 2. The summed E-state index contributed by atoms with van der Waals surface area (Å²) in [4.78, 5) is 30.3. The molecule has 4 heterocycles. The second-order valence-corrected chi connectivity index (χ2v) is 10.0. The van der Waals surface area contributed by atoms with Gasteiger partial charge in [0.1, 0.15) is 0 Å². The Labute approximate surface area is 179 Å². The minimum absolute atomic E-state index is 0.281. The van der Waals surface area contributed by atoms with Crippen LogP contribution in [0.2, 0.25) is 0 Å². The average molecular weight is 413 g/mol. The van der Waals surface area contributed by atoms with Gasteiger partial charge in [-0.3, -0.25) is 14.7 Å². The van der Waals surface area contributed by atoms with Crippen molar-refractivity contribution < 1.29 is 9.59 Å². The molecule has 30 heavy (non-hydrogen) atoms. The zero-order valence-corrected chi connectivity index (χ0v) is 18.4. The Balaban J connectivity index is 1.27. The molecule has 4 aliphatic rings. The maximum absolute atomic E-state index is 13.2. The predicted molar refractivity (Wildman–Crippen MR) is 115 cm³/mol. The van der Waals surface area contributed by atoms with Crippen LogP contribution < -0.4 is 0 Å². The van der Waals surface area contributed by atoms with Gasteiger partial charge in [0, 0.05) is 50.1 Å². The van der Waals surface area contributed by atoms with Crippen LogP contribution in [-0.4, -0.2) is 57.0 Å². The van der Waals surface area contributed by atoms with Crippen molar-refractivity contribution in [3.05, 3.63) is 17.0 Å². The Bertz CT molecular complexity index is 803. The van der Waals surface area contributed by atoms with E-state index in [0.29, 0.717) is 42.7 Å². The normalized spacial score (nSPS) is 30.8. The van der Waals surface area contributed by atoms with Crippen molar-refractivity contribution in [1.82, 2.24) is 20.0 Å². The van der Waals surface area contributed by atoms with Crippen molar-refractivity contribution in [2.75, 3.05) is 13.1 Å². The van der Waals surface area contributed by atoms with Gasteiger partial charge in [-0.25, -0.2) is 0 Å². The highest BCUT2D eigenvalue weighted by Crippen LogP contribution is 2.43. The van der Waals surface area contributed by atoms with Gasteiger partial charge in [-0.2, -0.15) is 5.10 Å². The molecule has 4 atom stereocenters. The molecule has 3 saturated heterocycles. The van der Waals surface area contributed by atoms with E-state index in [2.05, 4.69) is 26.9 Å². The molecule has 1 aromatic rings. The Morgan fingerprint density at radius 3 is 2.83 bits per heavy atom. The van der Waals surface area contributed by atoms with Gasteiger partial charge in [0.05, 0.1) is 5.69 Å². The number of fused-ring (bicyclic) bond motifs is 5. The summed E-state index contributed by atoms with van der Waals surface area (Å²) < 4.78 is 0. The lowest BCUT2D eigenvalue weighted by Gasteiger charge is -2.56. The van der Waals surface area contributed by atoms with Crippen molar-refractivity contribution >= 4 is 11.8 Å². The quantitative estimate of drug-likeness (QED) is 0.807. The van der Waals surface area contributed by atoms with E-state index in [1.54, 1.807) is 0 Å². The van der Waals surface area contributed by atoms with Crippen molar-refractivity contribution in [3.63, 3.8) is 0 Å². The number of aromatic nitrogens is 2. The zero-order chi connectivity index (χ0) is 20.7. The molecule has 0 radical (unpaired) electrons. The minimum Gasteiger partial charge on any atom is -0.342 e. The Morgan fingerprint density at radius 1 is 1.13 bits per heavy atom. The third kappa shape index (κ3) is 3.56. The number of nitrogens with zero attached hydrogens (tertiary/aromatic N) is 3. The van der Waals surface area contributed by atoms with Crippen LogP contribution in [0, 0.1) is 11.8 Å². The number of amides is 2. The third-order valence-electron chi connectivity index (χ3n) is 8.15. The van der Waals surface area contributed by atoms with Crippen LogP contribution in [0.4, 0.5) is 0 Å². The van der Waals surface area contributed by atoms with E-state index >= 15 is 0 Å². The molecule has 0 unspecified atom stereocenters. The highest BCUT2D eigenvalue weighted by molar-refractivity contribution is 5.79. The Morgan fingerprint density at radius 2 is 1.97 bits per heavy atom. The van der Waals surface area contributed by atoms with Crippen molar-refractivity contribution in [1.29, 1.82) is 0 Å². The molecule has 6 heteroatoms. The molecule has 1 aliphatic carbocycles. The number of hydrogen-bond donors (Lipinski definition) is 1. The van der Waals surface area contributed by atoms with Crippen LogP contribution in [-0.2, 0) is 28.9 Å². The molecule has 3 aliphatic heterocycles. The summed E-state index contributed by atoms with van der Waals surface area (Å²) in [6.07, 6.45) is 12.2. The largest absolute Gasteiger partial charge is 0.342 e. The van der Waals surface area contributed by atoms with Crippen LogP contribution in [0.25, 0.3) is 0 Å². The fourth-order valence-corrected chi connectivity index (χ4v) is 6.79. The van der Waals surface area contributed by atoms with E-state index in [0.717, 1.165) is 63.7 Å². The van der Waals surface area contributed by atoms with Gasteiger partial charge in [0.15, 0.2) is 0 Å². The lowest BCUT2D eigenvalue weighted by molar-refractivity contribution is -0.156. The molecule has 5 rings (SSSR count). The summed E-state index contributed by atoms with van der Waals surface area (Å²) in [7, 11) is 0. The van der Waals surface area contributed by atoms with Crippen LogP contribution in [0.1, 0.15) is 81.7 Å². The van der Waals surface area contributed by atoms with Crippen molar-refractivity contribution in [3.8, 4) is 0 Å². The lowest BCUT2D eigenvalue weighted by atomic mass is 9.71. The summed E-state index contributed by atoms with van der Waals surface area (Å²) in [6.45, 7) is 3.88. The molecular weight excluding hydrogens is 376 g/mol. The minimum atomic E-state index is 0.281. The van der Waals surface area contributed by atoms with Crippen molar-refractivity contribution in [2.24, 2.45) is 11.8 Å². The van der Waals surface area contributed by atoms with E-state index in [1.165, 1.54) is 30.5 Å². The topological polar surface area (TPSA) is 69.3 Å². The lowest BCUT2D eigenvalue weighted by Crippen LogP contribution is -2.65. The number of likely N-dealkylation sites (tertiary alicyclic amines) is 1. The molecule has 3 fully saturated rings. The molecule has 164 valence electrons. The van der Waals surface area contributed by atoms with Crippen LogP contribution >= 0.6 is 0 Å². The van der Waals surface area contributed by atoms with Crippen LogP contribution in [0.15, 0.2) is 0 Å². The first kappa shape index (κ1) is 20.1. The SMILES string of the molecule is CCC[C@H]1[C@H]2C[C@H](CN(C(=O)CCc3n[nH]c4c3CCCC4)C2)[C@@H]2CCCC(=O)N21. The van der Waals surface area contributed by atoms with E-state index < -0.39 is 0 Å². The number of nitrogens with one attached hydrogen (secondary N) is 1. The number of H-pyrrole nitrogens is 1. The molecule has 1 aromatic heterocycles. The Hall–Kier alpha value is -1.85. The van der Waals surface area contributed by atoms with Crippen LogP contribution in [0.5, 0.6) is 0 Å². The smallest absolute Gasteiger partial charge is 0.223 e. The first-order valence-corrected chi connectivity index (χ1v) is 12.3. The van der Waals surface area contributed by atoms with Gasteiger partial charge in [-0.05, 0) is 68.8 Å². The molecule has 6 nitrogen and oxygen atoms in total. The molecule has 0 aromatic carbocycles. The first-order valence-electron chi connectivity index (χ1n) is 12.3. The second-order valence-electron chi connectivity index (χ2n) is 10.0.